The maximum Gasteiger partial charge on any atom is 0.133 e. The Morgan fingerprint density at radius 3 is 2.74 bits per heavy atom. The Morgan fingerprint density at radius 2 is 2.16 bits per heavy atom. The van der Waals surface area contributed by atoms with E-state index in [-0.39, 0.29) is 6.04 Å². The third-order valence-corrected chi connectivity index (χ3v) is 3.69. The highest BCUT2D eigenvalue weighted by Crippen LogP contribution is 2.28. The molecule has 0 saturated heterocycles. The van der Waals surface area contributed by atoms with Gasteiger partial charge in [0.05, 0.1) is 11.6 Å². The van der Waals surface area contributed by atoms with Crippen molar-refractivity contribution in [2.45, 2.75) is 12.5 Å². The largest absolute Gasteiger partial charge is 0.496 e. The zero-order chi connectivity index (χ0) is 13.7. The summed E-state index contributed by atoms with van der Waals surface area (Å²) in [6.07, 6.45) is 2.68. The number of ether oxygens (including phenoxy) is 1. The van der Waals surface area contributed by atoms with E-state index in [1.54, 1.807) is 7.11 Å². The van der Waals surface area contributed by atoms with E-state index in [1.165, 1.54) is 5.56 Å². The SMILES string of the molecule is CNC(Cc1ccccn1)c1ccc(OC)c(Br)c1. The molecule has 0 amide bonds. The minimum Gasteiger partial charge on any atom is -0.496 e. The van der Waals surface area contributed by atoms with Crippen LogP contribution in [0.4, 0.5) is 0 Å². The minimum absolute atomic E-state index is 0.233. The summed E-state index contributed by atoms with van der Waals surface area (Å²) in [6.45, 7) is 0. The van der Waals surface area contributed by atoms with Gasteiger partial charge in [0, 0.05) is 24.4 Å². The number of methoxy groups -OCH3 is 1. The molecule has 1 aromatic heterocycles. The van der Waals surface area contributed by atoms with Crippen LogP contribution in [0.1, 0.15) is 17.3 Å². The molecule has 0 fully saturated rings. The van der Waals surface area contributed by atoms with Crippen molar-refractivity contribution in [1.29, 1.82) is 0 Å². The molecular formula is C15H17BrN2O. The topological polar surface area (TPSA) is 34.2 Å². The van der Waals surface area contributed by atoms with Gasteiger partial charge >= 0.3 is 0 Å². The van der Waals surface area contributed by atoms with Gasteiger partial charge in [-0.3, -0.25) is 4.98 Å². The molecule has 3 nitrogen and oxygen atoms in total. The Labute approximate surface area is 122 Å². The highest BCUT2D eigenvalue weighted by molar-refractivity contribution is 9.10. The fourth-order valence-electron chi connectivity index (χ4n) is 2.01. The molecule has 1 N–H and O–H groups in total. The number of aromatic nitrogens is 1. The average Bonchev–Trinajstić information content (AvgIpc) is 2.46. The lowest BCUT2D eigenvalue weighted by molar-refractivity contribution is 0.411. The van der Waals surface area contributed by atoms with Crippen LogP contribution in [0.2, 0.25) is 0 Å². The molecule has 1 aromatic carbocycles. The van der Waals surface area contributed by atoms with Crippen LogP contribution >= 0.6 is 15.9 Å². The normalized spacial score (nSPS) is 12.2. The lowest BCUT2D eigenvalue weighted by Crippen LogP contribution is -2.19. The molecule has 1 unspecified atom stereocenters. The molecule has 0 bridgehead atoms. The van der Waals surface area contributed by atoms with Crippen LogP contribution in [0.5, 0.6) is 5.75 Å². The summed E-state index contributed by atoms with van der Waals surface area (Å²) < 4.78 is 6.22. The van der Waals surface area contributed by atoms with Crippen LogP contribution in [0.25, 0.3) is 0 Å². The Bertz CT molecular complexity index is 531. The van der Waals surface area contributed by atoms with Crippen molar-refractivity contribution in [2.24, 2.45) is 0 Å². The van der Waals surface area contributed by atoms with E-state index < -0.39 is 0 Å². The first kappa shape index (κ1) is 14.0. The number of likely N-dealkylation sites (N-methyl/N-ethyl adjacent to an activating group) is 1. The highest BCUT2D eigenvalue weighted by Gasteiger charge is 2.12. The van der Waals surface area contributed by atoms with Gasteiger partial charge in [0.25, 0.3) is 0 Å². The number of nitrogens with zero attached hydrogens (tertiary/aromatic N) is 1. The smallest absolute Gasteiger partial charge is 0.133 e. The Hall–Kier alpha value is -1.39. The maximum atomic E-state index is 5.25. The molecule has 0 aliphatic heterocycles. The molecular weight excluding hydrogens is 304 g/mol. The fourth-order valence-corrected chi connectivity index (χ4v) is 2.57. The van der Waals surface area contributed by atoms with Crippen molar-refractivity contribution in [3.8, 4) is 5.75 Å². The second-order valence-electron chi connectivity index (χ2n) is 4.26. The summed E-state index contributed by atoms with van der Waals surface area (Å²) in [5.41, 5.74) is 2.29. The van der Waals surface area contributed by atoms with E-state index >= 15 is 0 Å². The molecule has 19 heavy (non-hydrogen) atoms. The monoisotopic (exact) mass is 320 g/mol. The van der Waals surface area contributed by atoms with Crippen molar-refractivity contribution < 1.29 is 4.74 Å². The molecule has 0 saturated carbocycles. The predicted molar refractivity (Wildman–Crippen MR) is 80.4 cm³/mol. The maximum absolute atomic E-state index is 5.25. The number of rotatable bonds is 5. The van der Waals surface area contributed by atoms with Crippen molar-refractivity contribution in [3.05, 3.63) is 58.3 Å². The van der Waals surface area contributed by atoms with Crippen LogP contribution in [0.3, 0.4) is 0 Å². The third-order valence-electron chi connectivity index (χ3n) is 3.07. The van der Waals surface area contributed by atoms with Gasteiger partial charge in [-0.25, -0.2) is 0 Å². The first-order valence-corrected chi connectivity index (χ1v) is 6.94. The molecule has 0 aliphatic carbocycles. The van der Waals surface area contributed by atoms with E-state index in [1.807, 2.05) is 37.5 Å². The van der Waals surface area contributed by atoms with Crippen LogP contribution in [-0.4, -0.2) is 19.1 Å². The van der Waals surface area contributed by atoms with Gasteiger partial charge in [-0.1, -0.05) is 12.1 Å². The number of benzene rings is 1. The number of hydrogen-bond donors (Lipinski definition) is 1. The zero-order valence-electron chi connectivity index (χ0n) is 11.1. The molecule has 0 spiro atoms. The molecule has 2 aromatic rings. The standard InChI is InChI=1S/C15H17BrN2O/c1-17-14(10-12-5-3-4-8-18-12)11-6-7-15(19-2)13(16)9-11/h3-9,14,17H,10H2,1-2H3. The second kappa shape index (κ2) is 6.68. The van der Waals surface area contributed by atoms with Crippen molar-refractivity contribution >= 4 is 15.9 Å². The number of hydrogen-bond acceptors (Lipinski definition) is 3. The van der Waals surface area contributed by atoms with Gasteiger partial charge in [-0.05, 0) is 52.8 Å². The predicted octanol–water partition coefficient (Wildman–Crippen LogP) is 3.36. The highest BCUT2D eigenvalue weighted by atomic mass is 79.9. The average molecular weight is 321 g/mol. The molecule has 0 radical (unpaired) electrons. The Kier molecular flexibility index (Phi) is 4.93. The van der Waals surface area contributed by atoms with Crippen LogP contribution in [0, 0.1) is 0 Å². The van der Waals surface area contributed by atoms with E-state index in [2.05, 4.69) is 38.4 Å². The summed E-state index contributed by atoms with van der Waals surface area (Å²) in [6, 6.07) is 12.4. The summed E-state index contributed by atoms with van der Waals surface area (Å²) in [5, 5.41) is 3.33. The first-order chi connectivity index (χ1) is 9.24. The fraction of sp³-hybridized carbons (Fsp3) is 0.267. The Balaban J connectivity index is 2.20. The number of halogens is 1. The summed E-state index contributed by atoms with van der Waals surface area (Å²) in [7, 11) is 3.63. The van der Waals surface area contributed by atoms with E-state index in [0.29, 0.717) is 0 Å². The first-order valence-electron chi connectivity index (χ1n) is 6.15. The minimum atomic E-state index is 0.233. The van der Waals surface area contributed by atoms with Gasteiger partial charge in [0.1, 0.15) is 5.75 Å². The lowest BCUT2D eigenvalue weighted by atomic mass is 10.0. The molecule has 100 valence electrons. The second-order valence-corrected chi connectivity index (χ2v) is 5.11. The van der Waals surface area contributed by atoms with Crippen molar-refractivity contribution in [2.75, 3.05) is 14.2 Å². The third kappa shape index (κ3) is 3.55. The molecule has 1 atom stereocenters. The summed E-state index contributed by atoms with van der Waals surface area (Å²) in [5.74, 6) is 0.844. The van der Waals surface area contributed by atoms with Gasteiger partial charge < -0.3 is 10.1 Å². The Morgan fingerprint density at radius 1 is 1.32 bits per heavy atom. The number of pyridine rings is 1. The van der Waals surface area contributed by atoms with Gasteiger partial charge in [-0.15, -0.1) is 0 Å². The van der Waals surface area contributed by atoms with Crippen LogP contribution in [0.15, 0.2) is 47.1 Å². The summed E-state index contributed by atoms with van der Waals surface area (Å²) >= 11 is 3.52. The molecule has 4 heteroatoms. The lowest BCUT2D eigenvalue weighted by Gasteiger charge is -2.17. The van der Waals surface area contributed by atoms with Gasteiger partial charge in [0.15, 0.2) is 0 Å². The molecule has 2 rings (SSSR count). The quantitative estimate of drug-likeness (QED) is 0.917. The van der Waals surface area contributed by atoms with Gasteiger partial charge in [-0.2, -0.15) is 0 Å². The number of nitrogens with one attached hydrogen (secondary N) is 1. The molecule has 0 aliphatic rings. The summed E-state index contributed by atoms with van der Waals surface area (Å²) in [4.78, 5) is 4.37. The van der Waals surface area contributed by atoms with Crippen molar-refractivity contribution in [1.82, 2.24) is 10.3 Å². The van der Waals surface area contributed by atoms with Crippen LogP contribution < -0.4 is 10.1 Å². The van der Waals surface area contributed by atoms with E-state index in [4.69, 9.17) is 4.74 Å². The van der Waals surface area contributed by atoms with Gasteiger partial charge in [0.2, 0.25) is 0 Å². The van der Waals surface area contributed by atoms with Crippen molar-refractivity contribution in [3.63, 3.8) is 0 Å². The zero-order valence-corrected chi connectivity index (χ0v) is 12.6. The van der Waals surface area contributed by atoms with E-state index in [0.717, 1.165) is 22.3 Å². The van der Waals surface area contributed by atoms with Crippen LogP contribution in [-0.2, 0) is 6.42 Å². The van der Waals surface area contributed by atoms with E-state index in [9.17, 15) is 0 Å². The molecule has 1 heterocycles.